The van der Waals surface area contributed by atoms with Crippen molar-refractivity contribution >= 4 is 71.1 Å². The molecule has 0 aromatic carbocycles. The molecule has 1 aliphatic heterocycles. The molecule has 0 aliphatic carbocycles. The van der Waals surface area contributed by atoms with Gasteiger partial charge in [0, 0.05) is 19.5 Å². The Morgan fingerprint density at radius 3 is 1.60 bits per heavy atom. The molecule has 1 saturated heterocycles. The number of hydrogen-bond donors (Lipinski definition) is 16. The molecule has 0 radical (unpaired) electrons. The lowest BCUT2D eigenvalue weighted by Gasteiger charge is -2.32. The number of guanidine groups is 1. The zero-order chi connectivity index (χ0) is 56.0. The standard InChI is InChI=1S/C44H76N12O17/c1-8-20(4)31(45)39(68)53-33(22(6)58)41(70)54-32(21(5)57)40(69)52-27(18-30(62)63)37(66)55-34(23(7)59)42(71)56-16-10-12-28(56)38(67)49-24(13-14-29(60)61)35(64)51-26(17-19(2)3)36(65)50-25(43(72)73)11-9-15-48-44(46)47/h19-28,31-34,57-59H,8-18,45H2,1-7H3,(H,49,67)(H,50,65)(H,51,64)(H,52,69)(H,53,68)(H,54,70)(H,55,66)(H,60,61)(H,62,63)(H,72,73)(H4,46,47,48)/t20-,21+,22+,23+,24-,25-,26-,27-,28-,31-,32-,33-,34-/m0/s1. The van der Waals surface area contributed by atoms with Crippen molar-refractivity contribution in [2.24, 2.45) is 34.0 Å². The summed E-state index contributed by atoms with van der Waals surface area (Å²) in [6.07, 6.45) is -6.69. The Bertz CT molecular complexity index is 1980. The fourth-order valence-electron chi connectivity index (χ4n) is 7.40. The molecule has 0 unspecified atom stereocenters. The van der Waals surface area contributed by atoms with Crippen molar-refractivity contribution in [2.75, 3.05) is 13.1 Å². The number of aliphatic hydroxyl groups is 3. The second kappa shape index (κ2) is 31.0. The Labute approximate surface area is 421 Å². The van der Waals surface area contributed by atoms with Crippen LogP contribution in [0.2, 0.25) is 0 Å². The van der Waals surface area contributed by atoms with E-state index >= 15 is 0 Å². The van der Waals surface area contributed by atoms with Gasteiger partial charge in [-0.15, -0.1) is 0 Å². The van der Waals surface area contributed by atoms with Gasteiger partial charge in [0.15, 0.2) is 5.96 Å². The number of hydrogen-bond acceptors (Lipinski definition) is 16. The first-order valence-electron chi connectivity index (χ1n) is 23.9. The normalized spacial score (nSPS) is 18.2. The van der Waals surface area contributed by atoms with Crippen LogP contribution in [0.25, 0.3) is 0 Å². The fraction of sp³-hybridized carbons (Fsp3) is 0.727. The van der Waals surface area contributed by atoms with Gasteiger partial charge in [0.2, 0.25) is 47.3 Å². The molecule has 414 valence electrons. The molecule has 1 heterocycles. The van der Waals surface area contributed by atoms with Gasteiger partial charge in [-0.1, -0.05) is 34.1 Å². The molecule has 29 heteroatoms. The van der Waals surface area contributed by atoms with Gasteiger partial charge in [0.05, 0.1) is 30.8 Å². The Balaban J connectivity index is 3.36. The number of aliphatic hydroxyl groups excluding tert-OH is 3. The lowest BCUT2D eigenvalue weighted by Crippen LogP contribution is -2.63. The van der Waals surface area contributed by atoms with Crippen LogP contribution in [0.4, 0.5) is 0 Å². The van der Waals surface area contributed by atoms with Gasteiger partial charge < -0.3 is 90.0 Å². The lowest BCUT2D eigenvalue weighted by atomic mass is 9.98. The molecule has 1 fully saturated rings. The van der Waals surface area contributed by atoms with E-state index in [0.717, 1.165) is 25.7 Å². The van der Waals surface area contributed by atoms with Crippen LogP contribution in [0.15, 0.2) is 4.99 Å². The van der Waals surface area contributed by atoms with E-state index in [1.165, 1.54) is 0 Å². The van der Waals surface area contributed by atoms with Gasteiger partial charge >= 0.3 is 17.9 Å². The number of carboxylic acid groups (broad SMARTS) is 3. The summed E-state index contributed by atoms with van der Waals surface area (Å²) in [6, 6.07) is -14.5. The summed E-state index contributed by atoms with van der Waals surface area (Å²) < 4.78 is 0. The van der Waals surface area contributed by atoms with E-state index in [2.05, 4.69) is 42.2 Å². The SMILES string of the molecule is CC[C@H](C)[C@H](N)C(=O)N[C@H](C(=O)N[C@H](C(=O)N[C@@H](CC(=O)O)C(=O)N[C@H](C(=O)N1CCC[C@H]1C(=O)N[C@@H](CCC(=O)O)C(=O)N[C@@H](CC(C)C)C(=O)N[C@@H](CCCN=C(N)N)C(=O)O)[C@@H](C)O)[C@@H](C)O)[C@@H](C)O. The number of carbonyl (C=O) groups excluding carboxylic acids is 8. The first-order chi connectivity index (χ1) is 33.9. The van der Waals surface area contributed by atoms with Crippen LogP contribution < -0.4 is 54.4 Å². The number of nitrogens with one attached hydrogen (secondary N) is 7. The number of amides is 8. The number of aliphatic imine (C=N–C) groups is 1. The van der Waals surface area contributed by atoms with Crippen LogP contribution in [0.5, 0.6) is 0 Å². The topological polar surface area (TPSA) is 487 Å². The quantitative estimate of drug-likeness (QED) is 0.0170. The largest absolute Gasteiger partial charge is 0.481 e. The van der Waals surface area contributed by atoms with Crippen molar-refractivity contribution in [3.05, 3.63) is 0 Å². The number of carboxylic acids is 3. The van der Waals surface area contributed by atoms with E-state index in [-0.39, 0.29) is 63.0 Å². The van der Waals surface area contributed by atoms with Gasteiger partial charge in [-0.05, 0) is 71.1 Å². The number of likely N-dealkylation sites (tertiary alicyclic amines) is 1. The maximum absolute atomic E-state index is 14.1. The second-order valence-electron chi connectivity index (χ2n) is 18.5. The molecule has 0 aromatic heterocycles. The van der Waals surface area contributed by atoms with E-state index in [9.17, 15) is 83.4 Å². The molecule has 13 atom stereocenters. The average molecular weight is 1050 g/mol. The van der Waals surface area contributed by atoms with Crippen LogP contribution in [-0.4, -0.2) is 192 Å². The van der Waals surface area contributed by atoms with Gasteiger partial charge in [0.25, 0.3) is 0 Å². The van der Waals surface area contributed by atoms with E-state index in [0.29, 0.717) is 6.42 Å². The van der Waals surface area contributed by atoms with Crippen LogP contribution in [-0.2, 0) is 52.7 Å². The van der Waals surface area contributed by atoms with Crippen LogP contribution >= 0.6 is 0 Å². The second-order valence-corrected chi connectivity index (χ2v) is 18.5. The molecule has 19 N–H and O–H groups in total. The molecule has 1 aliphatic rings. The van der Waals surface area contributed by atoms with Gasteiger partial charge in [-0.2, -0.15) is 0 Å². The maximum Gasteiger partial charge on any atom is 0.326 e. The summed E-state index contributed by atoms with van der Waals surface area (Å²) in [7, 11) is 0. The summed E-state index contributed by atoms with van der Waals surface area (Å²) in [5, 5.41) is 76.4. The molecule has 73 heavy (non-hydrogen) atoms. The first-order valence-corrected chi connectivity index (χ1v) is 23.9. The molecule has 0 bridgehead atoms. The lowest BCUT2D eigenvalue weighted by molar-refractivity contribution is -0.145. The number of aliphatic carboxylic acids is 3. The molecule has 8 amide bonds. The summed E-state index contributed by atoms with van der Waals surface area (Å²) in [6.45, 7) is 10.1. The van der Waals surface area contributed by atoms with E-state index < -0.39 is 157 Å². The average Bonchev–Trinajstić information content (AvgIpc) is 3.79. The number of nitrogens with zero attached hydrogens (tertiary/aromatic N) is 2. The van der Waals surface area contributed by atoms with E-state index in [1.807, 2.05) is 0 Å². The van der Waals surface area contributed by atoms with Crippen LogP contribution in [0, 0.1) is 11.8 Å². The minimum Gasteiger partial charge on any atom is -0.481 e. The highest BCUT2D eigenvalue weighted by Crippen LogP contribution is 2.21. The predicted molar refractivity (Wildman–Crippen MR) is 257 cm³/mol. The Hall–Kier alpha value is -6.72. The molecule has 0 aromatic rings. The molecular formula is C44H76N12O17. The highest BCUT2D eigenvalue weighted by Gasteiger charge is 2.42. The molecule has 0 spiro atoms. The Morgan fingerprint density at radius 1 is 0.616 bits per heavy atom. The highest BCUT2D eigenvalue weighted by molar-refractivity contribution is 5.99. The van der Waals surface area contributed by atoms with E-state index in [1.54, 1.807) is 27.7 Å². The number of carbonyl (C=O) groups is 11. The van der Waals surface area contributed by atoms with Gasteiger partial charge in [-0.3, -0.25) is 52.9 Å². The third-order valence-electron chi connectivity index (χ3n) is 11.8. The smallest absolute Gasteiger partial charge is 0.326 e. The van der Waals surface area contributed by atoms with Crippen molar-refractivity contribution in [1.29, 1.82) is 0 Å². The molecule has 29 nitrogen and oxygen atoms in total. The molecule has 0 saturated carbocycles. The third-order valence-corrected chi connectivity index (χ3v) is 11.8. The zero-order valence-corrected chi connectivity index (χ0v) is 42.2. The van der Waals surface area contributed by atoms with Crippen molar-refractivity contribution in [3.8, 4) is 0 Å². The minimum atomic E-state index is -2.04. The summed E-state index contributed by atoms with van der Waals surface area (Å²) in [4.78, 5) is 149. The van der Waals surface area contributed by atoms with E-state index in [4.69, 9.17) is 17.2 Å². The monoisotopic (exact) mass is 1040 g/mol. The van der Waals surface area contributed by atoms with Crippen LogP contribution in [0.1, 0.15) is 106 Å². The summed E-state index contributed by atoms with van der Waals surface area (Å²) in [5.41, 5.74) is 16.6. The summed E-state index contributed by atoms with van der Waals surface area (Å²) >= 11 is 0. The molecular weight excluding hydrogens is 969 g/mol. The number of rotatable bonds is 32. The van der Waals surface area contributed by atoms with Gasteiger partial charge in [-0.25, -0.2) is 4.79 Å². The minimum absolute atomic E-state index is 0.0243. The van der Waals surface area contributed by atoms with Crippen molar-refractivity contribution in [2.45, 2.75) is 179 Å². The predicted octanol–water partition coefficient (Wildman–Crippen LogP) is -5.59. The zero-order valence-electron chi connectivity index (χ0n) is 42.2. The molecule has 1 rings (SSSR count). The third kappa shape index (κ3) is 21.9. The first kappa shape index (κ1) is 64.3. The van der Waals surface area contributed by atoms with Gasteiger partial charge in [0.1, 0.15) is 48.3 Å². The maximum atomic E-state index is 14.1. The van der Waals surface area contributed by atoms with Crippen molar-refractivity contribution < 1.29 is 83.4 Å². The Kier molecular flexibility index (Phi) is 27.3. The van der Waals surface area contributed by atoms with Crippen molar-refractivity contribution in [1.82, 2.24) is 42.1 Å². The van der Waals surface area contributed by atoms with Crippen molar-refractivity contribution in [3.63, 3.8) is 0 Å². The number of nitrogens with two attached hydrogens (primary N) is 3. The fourth-order valence-corrected chi connectivity index (χ4v) is 7.40. The summed E-state index contributed by atoms with van der Waals surface area (Å²) in [5.74, 6) is -13.9. The van der Waals surface area contributed by atoms with Crippen LogP contribution in [0.3, 0.4) is 0 Å². The Morgan fingerprint density at radius 2 is 1.11 bits per heavy atom. The highest BCUT2D eigenvalue weighted by atomic mass is 16.4.